The second kappa shape index (κ2) is 9.74. The monoisotopic (exact) mass is 593 g/mol. The lowest BCUT2D eigenvalue weighted by Crippen LogP contribution is -2.43. The summed E-state index contributed by atoms with van der Waals surface area (Å²) in [6.45, 7) is 3.82. The van der Waals surface area contributed by atoms with E-state index < -0.39 is 6.10 Å². The maximum absolute atomic E-state index is 12.1. The second-order valence-corrected chi connectivity index (χ2v) is 10.6. The maximum Gasteiger partial charge on any atom is 0.251 e. The SMILES string of the molecule is C[C@H](O)C(=O)N1CCC(CCn2c(Sc3cc4c(cc3[124I])OCO4)nc3c(N)ncnc32)CC1. The number of fused-ring (bicyclic) bond motifs is 2. The maximum atomic E-state index is 12.1. The van der Waals surface area contributed by atoms with E-state index in [1.165, 1.54) is 13.3 Å². The zero-order valence-electron chi connectivity index (χ0n) is 18.6. The number of nitrogen functional groups attached to an aromatic ring is 1. The molecule has 2 aliphatic rings. The smallest absolute Gasteiger partial charge is 0.251 e. The Morgan fingerprint density at radius 2 is 2.03 bits per heavy atom. The molecule has 3 N–H and O–H groups in total. The van der Waals surface area contributed by atoms with Crippen molar-refractivity contribution < 1.29 is 19.4 Å². The molecule has 0 saturated carbocycles. The van der Waals surface area contributed by atoms with Gasteiger partial charge in [0.25, 0.3) is 5.91 Å². The Morgan fingerprint density at radius 1 is 1.29 bits per heavy atom. The highest BCUT2D eigenvalue weighted by Crippen LogP contribution is 2.41. The van der Waals surface area contributed by atoms with Crippen LogP contribution < -0.4 is 15.2 Å². The molecule has 0 spiro atoms. The van der Waals surface area contributed by atoms with E-state index in [1.54, 1.807) is 16.7 Å². The van der Waals surface area contributed by atoms with E-state index >= 15 is 0 Å². The van der Waals surface area contributed by atoms with Crippen LogP contribution in [0.5, 0.6) is 11.5 Å². The molecule has 0 radical (unpaired) electrons. The van der Waals surface area contributed by atoms with Crippen molar-refractivity contribution in [2.45, 2.75) is 48.9 Å². The summed E-state index contributed by atoms with van der Waals surface area (Å²) in [5, 5.41) is 10.4. The van der Waals surface area contributed by atoms with Crippen LogP contribution in [0.25, 0.3) is 11.2 Å². The highest BCUT2D eigenvalue weighted by Gasteiger charge is 2.26. The molecule has 34 heavy (non-hydrogen) atoms. The molecule has 1 atom stereocenters. The first-order valence-electron chi connectivity index (χ1n) is 11.1. The van der Waals surface area contributed by atoms with E-state index in [1.807, 2.05) is 12.1 Å². The quantitative estimate of drug-likeness (QED) is 0.415. The molecule has 10 nitrogen and oxygen atoms in total. The number of likely N-dealkylation sites (tertiary alicyclic amines) is 1. The Morgan fingerprint density at radius 3 is 2.76 bits per heavy atom. The van der Waals surface area contributed by atoms with Crippen molar-refractivity contribution in [2.24, 2.45) is 5.92 Å². The third kappa shape index (κ3) is 4.62. The molecule has 2 aromatic heterocycles. The predicted molar refractivity (Wildman–Crippen MR) is 135 cm³/mol. The van der Waals surface area contributed by atoms with E-state index in [0.29, 0.717) is 36.0 Å². The molecule has 2 aliphatic heterocycles. The number of carbonyl (C=O) groups excluding carboxylic acids is 1. The number of aryl methyl sites for hydroxylation is 1. The Labute approximate surface area is 214 Å². The van der Waals surface area contributed by atoms with Gasteiger partial charge in [0, 0.05) is 28.1 Å². The molecule has 0 aliphatic carbocycles. The first-order valence-corrected chi connectivity index (χ1v) is 13.0. The van der Waals surface area contributed by atoms with Crippen LogP contribution in [0.2, 0.25) is 0 Å². The summed E-state index contributed by atoms with van der Waals surface area (Å²) in [5.41, 5.74) is 7.42. The molecule has 0 bridgehead atoms. The van der Waals surface area contributed by atoms with Gasteiger partial charge in [-0.15, -0.1) is 0 Å². The highest BCUT2D eigenvalue weighted by molar-refractivity contribution is 14.1. The number of imidazole rings is 1. The van der Waals surface area contributed by atoms with Gasteiger partial charge >= 0.3 is 0 Å². The van der Waals surface area contributed by atoms with Crippen LogP contribution in [0, 0.1) is 9.49 Å². The van der Waals surface area contributed by atoms with Crippen molar-refractivity contribution in [3.8, 4) is 11.5 Å². The average molecular weight is 593 g/mol. The minimum Gasteiger partial charge on any atom is -0.454 e. The highest BCUT2D eigenvalue weighted by atomic mass is 124. The molecular formula is C22H25IN6O4S. The minimum absolute atomic E-state index is 0.191. The fourth-order valence-electron chi connectivity index (χ4n) is 4.31. The molecule has 1 aromatic carbocycles. The Kier molecular flexibility index (Phi) is 6.71. The van der Waals surface area contributed by atoms with E-state index in [-0.39, 0.29) is 12.7 Å². The number of nitrogens with two attached hydrogens (primary N) is 1. The number of carbonyl (C=O) groups is 1. The summed E-state index contributed by atoms with van der Waals surface area (Å²) in [5.74, 6) is 2.11. The normalized spacial score (nSPS) is 16.9. The standard InChI is InChI=1S/C22H25IN6O4S/c1-12(30)21(31)28-5-2-13(3-6-28)4-7-29-20-18(19(24)25-10-26-20)27-22(29)34-17-9-16-15(8-14(17)23)32-11-33-16/h8-10,12-13,30H,2-7,11H2,1H3,(H2,24,25,26)/t12-/m0/s1/i23-3. The number of hydrogen-bond donors (Lipinski definition) is 2. The fourth-order valence-corrected chi connectivity index (χ4v) is 6.02. The number of aliphatic hydroxyl groups excluding tert-OH is 1. The van der Waals surface area contributed by atoms with Crippen LogP contribution in [0.1, 0.15) is 26.2 Å². The Balaban J connectivity index is 1.36. The third-order valence-corrected chi connectivity index (χ3v) is 8.51. The Hall–Kier alpha value is -2.32. The summed E-state index contributed by atoms with van der Waals surface area (Å²) in [4.78, 5) is 28.2. The summed E-state index contributed by atoms with van der Waals surface area (Å²) in [7, 11) is 0. The lowest BCUT2D eigenvalue weighted by Gasteiger charge is -2.32. The second-order valence-electron chi connectivity index (χ2n) is 8.45. The number of anilines is 1. The molecule has 5 rings (SSSR count). The van der Waals surface area contributed by atoms with E-state index in [9.17, 15) is 9.90 Å². The van der Waals surface area contributed by atoms with Gasteiger partial charge in [0.15, 0.2) is 33.6 Å². The van der Waals surface area contributed by atoms with Crippen molar-refractivity contribution in [1.29, 1.82) is 0 Å². The van der Waals surface area contributed by atoms with Crippen LogP contribution >= 0.6 is 34.4 Å². The third-order valence-electron chi connectivity index (χ3n) is 6.20. The summed E-state index contributed by atoms with van der Waals surface area (Å²) in [6.07, 6.45) is 3.26. The molecule has 3 aromatic rings. The topological polar surface area (TPSA) is 129 Å². The zero-order chi connectivity index (χ0) is 23.8. The number of benzene rings is 1. The van der Waals surface area contributed by atoms with Crippen LogP contribution in [0.4, 0.5) is 5.82 Å². The van der Waals surface area contributed by atoms with Gasteiger partial charge in [0.2, 0.25) is 6.79 Å². The average Bonchev–Trinajstić information content (AvgIpc) is 3.42. The number of amides is 1. The lowest BCUT2D eigenvalue weighted by atomic mass is 9.93. The van der Waals surface area contributed by atoms with Crippen molar-refractivity contribution in [3.63, 3.8) is 0 Å². The lowest BCUT2D eigenvalue weighted by molar-refractivity contribution is -0.140. The molecule has 1 fully saturated rings. The molecule has 4 heterocycles. The van der Waals surface area contributed by atoms with Crippen molar-refractivity contribution in [2.75, 3.05) is 25.6 Å². The predicted octanol–water partition coefficient (Wildman–Crippen LogP) is 2.90. The molecule has 0 unspecified atom stereocenters. The number of piperidine rings is 1. The molecule has 1 saturated heterocycles. The number of halogens is 1. The van der Waals surface area contributed by atoms with Gasteiger partial charge in [0.05, 0.1) is 0 Å². The van der Waals surface area contributed by atoms with Crippen molar-refractivity contribution >= 4 is 57.2 Å². The first-order chi connectivity index (χ1) is 16.4. The van der Waals surface area contributed by atoms with E-state index in [2.05, 4.69) is 37.1 Å². The van der Waals surface area contributed by atoms with Crippen LogP contribution in [0.3, 0.4) is 0 Å². The molecular weight excluding hydrogens is 568 g/mol. The van der Waals surface area contributed by atoms with Gasteiger partial charge in [-0.05, 0) is 66.8 Å². The fraction of sp³-hybridized carbons (Fsp3) is 0.455. The largest absolute Gasteiger partial charge is 0.454 e. The molecule has 12 heteroatoms. The van der Waals surface area contributed by atoms with Crippen LogP contribution in [-0.4, -0.2) is 61.4 Å². The van der Waals surface area contributed by atoms with E-state index in [0.717, 1.165) is 50.9 Å². The van der Waals surface area contributed by atoms with Crippen LogP contribution in [-0.2, 0) is 11.3 Å². The van der Waals surface area contributed by atoms with Gasteiger partial charge in [-0.2, -0.15) is 0 Å². The number of rotatable bonds is 6. The molecule has 1 amide bonds. The summed E-state index contributed by atoms with van der Waals surface area (Å²) >= 11 is 3.83. The zero-order valence-corrected chi connectivity index (χ0v) is 21.6. The van der Waals surface area contributed by atoms with Gasteiger partial charge < -0.3 is 29.8 Å². The van der Waals surface area contributed by atoms with Crippen LogP contribution in [0.15, 0.2) is 28.5 Å². The number of aliphatic hydroxyl groups is 1. The first kappa shape index (κ1) is 23.4. The van der Waals surface area contributed by atoms with E-state index in [4.69, 9.17) is 20.2 Å². The summed E-state index contributed by atoms with van der Waals surface area (Å²) in [6, 6.07) is 3.94. The number of hydrogen-bond acceptors (Lipinski definition) is 9. The number of ether oxygens (including phenoxy) is 2. The van der Waals surface area contributed by atoms with Gasteiger partial charge in [-0.25, -0.2) is 15.0 Å². The number of nitrogens with zero attached hydrogens (tertiary/aromatic N) is 5. The Bertz CT molecular complexity index is 1230. The van der Waals surface area contributed by atoms with Crippen molar-refractivity contribution in [3.05, 3.63) is 22.0 Å². The minimum atomic E-state index is -0.947. The van der Waals surface area contributed by atoms with Gasteiger partial charge in [-0.1, -0.05) is 11.8 Å². The van der Waals surface area contributed by atoms with Crippen molar-refractivity contribution in [1.82, 2.24) is 24.4 Å². The number of aromatic nitrogens is 4. The van der Waals surface area contributed by atoms with Gasteiger partial charge in [0.1, 0.15) is 12.4 Å². The molecule has 180 valence electrons. The summed E-state index contributed by atoms with van der Waals surface area (Å²) < 4.78 is 14.2. The van der Waals surface area contributed by atoms with Gasteiger partial charge in [-0.3, -0.25) is 4.79 Å².